The zero-order valence-corrected chi connectivity index (χ0v) is 10.5. The average molecular weight is 251 g/mol. The molecule has 2 N–H and O–H groups in total. The molecule has 0 aliphatic rings. The van der Waals surface area contributed by atoms with E-state index >= 15 is 0 Å². The molecule has 0 aliphatic carbocycles. The van der Waals surface area contributed by atoms with Crippen molar-refractivity contribution < 1.29 is 19.4 Å². The molecule has 1 aromatic carbocycles. The minimum atomic E-state index is -1.02. The highest BCUT2D eigenvalue weighted by Crippen LogP contribution is 2.06. The normalized spacial score (nSPS) is 11.9. The van der Waals surface area contributed by atoms with Crippen LogP contribution in [0.15, 0.2) is 24.3 Å². The Balaban J connectivity index is 2.54. The van der Waals surface area contributed by atoms with Crippen LogP contribution in [0, 0.1) is 0 Å². The second-order valence-corrected chi connectivity index (χ2v) is 3.94. The molecule has 18 heavy (non-hydrogen) atoms. The molecule has 5 heteroatoms. The Labute approximate surface area is 106 Å². The van der Waals surface area contributed by atoms with Gasteiger partial charge in [0.2, 0.25) is 0 Å². The number of benzene rings is 1. The minimum absolute atomic E-state index is 0.0947. The van der Waals surface area contributed by atoms with Gasteiger partial charge in [-0.25, -0.2) is 9.59 Å². The van der Waals surface area contributed by atoms with Gasteiger partial charge in [0.25, 0.3) is 0 Å². The number of likely N-dealkylation sites (N-methyl/N-ethyl adjacent to an activating group) is 1. The van der Waals surface area contributed by atoms with Gasteiger partial charge in [0.05, 0.1) is 11.1 Å². The lowest BCUT2D eigenvalue weighted by molar-refractivity contribution is 0.0472. The van der Waals surface area contributed by atoms with Gasteiger partial charge in [-0.1, -0.05) is 6.92 Å². The van der Waals surface area contributed by atoms with Gasteiger partial charge in [0.15, 0.2) is 0 Å². The molecular weight excluding hydrogens is 234 g/mol. The van der Waals surface area contributed by atoms with Crippen LogP contribution in [0.3, 0.4) is 0 Å². The number of esters is 1. The predicted molar refractivity (Wildman–Crippen MR) is 66.8 cm³/mol. The molecule has 0 bridgehead atoms. The van der Waals surface area contributed by atoms with Gasteiger partial charge >= 0.3 is 11.9 Å². The summed E-state index contributed by atoms with van der Waals surface area (Å²) in [7, 11) is 0. The Hall–Kier alpha value is -1.88. The van der Waals surface area contributed by atoms with Crippen molar-refractivity contribution in [1.82, 2.24) is 5.32 Å². The molecule has 0 heterocycles. The van der Waals surface area contributed by atoms with Crippen LogP contribution in [0.1, 0.15) is 34.6 Å². The number of hydrogen-bond donors (Lipinski definition) is 2. The number of carboxylic acids is 1. The summed E-state index contributed by atoms with van der Waals surface area (Å²) in [6.45, 7) is 4.99. The quantitative estimate of drug-likeness (QED) is 0.750. The molecule has 0 saturated carbocycles. The number of carbonyl (C=O) groups is 2. The van der Waals surface area contributed by atoms with Crippen LogP contribution in [-0.4, -0.2) is 36.2 Å². The van der Waals surface area contributed by atoms with Crippen molar-refractivity contribution in [3.05, 3.63) is 35.4 Å². The smallest absolute Gasteiger partial charge is 0.338 e. The SMILES string of the molecule is CCNC(C)COC(=O)c1ccc(C(=O)O)cc1. The van der Waals surface area contributed by atoms with E-state index in [2.05, 4.69) is 5.32 Å². The first-order chi connectivity index (χ1) is 8.54. The fourth-order valence-electron chi connectivity index (χ4n) is 1.44. The van der Waals surface area contributed by atoms with Crippen molar-refractivity contribution in [2.75, 3.05) is 13.2 Å². The topological polar surface area (TPSA) is 75.6 Å². The largest absolute Gasteiger partial charge is 0.478 e. The highest BCUT2D eigenvalue weighted by molar-refractivity contribution is 5.92. The molecule has 1 aromatic rings. The molecule has 0 fully saturated rings. The van der Waals surface area contributed by atoms with Crippen LogP contribution in [0.5, 0.6) is 0 Å². The van der Waals surface area contributed by atoms with Crippen LogP contribution in [0.2, 0.25) is 0 Å². The van der Waals surface area contributed by atoms with Crippen molar-refractivity contribution >= 4 is 11.9 Å². The van der Waals surface area contributed by atoms with E-state index in [-0.39, 0.29) is 18.2 Å². The molecule has 1 unspecified atom stereocenters. The lowest BCUT2D eigenvalue weighted by atomic mass is 10.1. The fraction of sp³-hybridized carbons (Fsp3) is 0.385. The number of carboxylic acid groups (broad SMARTS) is 1. The standard InChI is InChI=1S/C13H17NO4/c1-3-14-9(2)8-18-13(17)11-6-4-10(5-7-11)12(15)16/h4-7,9,14H,3,8H2,1-2H3,(H,15,16). The molecule has 0 spiro atoms. The fourth-order valence-corrected chi connectivity index (χ4v) is 1.44. The summed E-state index contributed by atoms with van der Waals surface area (Å²) in [4.78, 5) is 22.3. The zero-order valence-electron chi connectivity index (χ0n) is 10.5. The van der Waals surface area contributed by atoms with Gasteiger partial charge in [-0.2, -0.15) is 0 Å². The predicted octanol–water partition coefficient (Wildman–Crippen LogP) is 1.54. The van der Waals surface area contributed by atoms with E-state index in [1.807, 2.05) is 13.8 Å². The van der Waals surface area contributed by atoms with Gasteiger partial charge in [-0.3, -0.25) is 0 Å². The molecular formula is C13H17NO4. The van der Waals surface area contributed by atoms with Crippen LogP contribution < -0.4 is 5.32 Å². The average Bonchev–Trinajstić information content (AvgIpc) is 2.36. The monoisotopic (exact) mass is 251 g/mol. The maximum Gasteiger partial charge on any atom is 0.338 e. The van der Waals surface area contributed by atoms with Gasteiger partial charge in [0, 0.05) is 6.04 Å². The molecule has 1 atom stereocenters. The number of rotatable bonds is 6. The molecule has 0 aromatic heterocycles. The summed E-state index contributed by atoms with van der Waals surface area (Å²) in [5.41, 5.74) is 0.497. The van der Waals surface area contributed by atoms with Gasteiger partial charge in [-0.15, -0.1) is 0 Å². The number of carbonyl (C=O) groups excluding carboxylic acids is 1. The lowest BCUT2D eigenvalue weighted by Crippen LogP contribution is -2.31. The summed E-state index contributed by atoms with van der Waals surface area (Å²) in [6, 6.07) is 5.75. The van der Waals surface area contributed by atoms with Gasteiger partial charge < -0.3 is 15.2 Å². The third kappa shape index (κ3) is 4.18. The van der Waals surface area contributed by atoms with Crippen molar-refractivity contribution in [3.8, 4) is 0 Å². The summed E-state index contributed by atoms with van der Waals surface area (Å²) in [5, 5.41) is 11.8. The van der Waals surface area contributed by atoms with Crippen LogP contribution in [-0.2, 0) is 4.74 Å². The van der Waals surface area contributed by atoms with Crippen LogP contribution in [0.4, 0.5) is 0 Å². The van der Waals surface area contributed by atoms with Crippen molar-refractivity contribution in [3.63, 3.8) is 0 Å². The van der Waals surface area contributed by atoms with Crippen molar-refractivity contribution in [2.45, 2.75) is 19.9 Å². The number of nitrogens with one attached hydrogen (secondary N) is 1. The summed E-state index contributed by atoms with van der Waals surface area (Å²) in [5.74, 6) is -1.47. The van der Waals surface area contributed by atoms with Gasteiger partial charge in [-0.05, 0) is 37.7 Å². The maximum atomic E-state index is 11.6. The summed E-state index contributed by atoms with van der Waals surface area (Å²) >= 11 is 0. The Bertz CT molecular complexity index is 414. The van der Waals surface area contributed by atoms with Crippen molar-refractivity contribution in [1.29, 1.82) is 0 Å². The van der Waals surface area contributed by atoms with E-state index in [9.17, 15) is 9.59 Å². The second-order valence-electron chi connectivity index (χ2n) is 3.94. The number of ether oxygens (including phenoxy) is 1. The number of aromatic carboxylic acids is 1. The third-order valence-corrected chi connectivity index (χ3v) is 2.38. The van der Waals surface area contributed by atoms with E-state index in [1.165, 1.54) is 24.3 Å². The van der Waals surface area contributed by atoms with E-state index in [0.29, 0.717) is 5.56 Å². The molecule has 0 saturated heterocycles. The molecule has 98 valence electrons. The highest BCUT2D eigenvalue weighted by Gasteiger charge is 2.10. The van der Waals surface area contributed by atoms with E-state index in [4.69, 9.17) is 9.84 Å². The first kappa shape index (κ1) is 14.2. The lowest BCUT2D eigenvalue weighted by Gasteiger charge is -2.12. The van der Waals surface area contributed by atoms with Crippen LogP contribution >= 0.6 is 0 Å². The maximum absolute atomic E-state index is 11.6. The van der Waals surface area contributed by atoms with E-state index in [1.54, 1.807) is 0 Å². The molecule has 0 aliphatic heterocycles. The number of hydrogen-bond acceptors (Lipinski definition) is 4. The second kappa shape index (κ2) is 6.76. The summed E-state index contributed by atoms with van der Waals surface area (Å²) in [6.07, 6.45) is 0. The first-order valence-electron chi connectivity index (χ1n) is 5.78. The molecule has 1 rings (SSSR count). The van der Waals surface area contributed by atoms with Gasteiger partial charge in [0.1, 0.15) is 6.61 Å². The van der Waals surface area contributed by atoms with Crippen LogP contribution in [0.25, 0.3) is 0 Å². The molecule has 0 amide bonds. The molecule has 0 radical (unpaired) electrons. The highest BCUT2D eigenvalue weighted by atomic mass is 16.5. The first-order valence-corrected chi connectivity index (χ1v) is 5.78. The van der Waals surface area contributed by atoms with Crippen molar-refractivity contribution in [2.24, 2.45) is 0 Å². The Morgan fingerprint density at radius 3 is 2.33 bits per heavy atom. The minimum Gasteiger partial charge on any atom is -0.478 e. The Morgan fingerprint density at radius 1 is 1.28 bits per heavy atom. The van der Waals surface area contributed by atoms with E-state index in [0.717, 1.165) is 6.54 Å². The summed E-state index contributed by atoms with van der Waals surface area (Å²) < 4.78 is 5.09. The Morgan fingerprint density at radius 2 is 1.83 bits per heavy atom. The van der Waals surface area contributed by atoms with E-state index < -0.39 is 11.9 Å². The Kier molecular flexibility index (Phi) is 5.32. The third-order valence-electron chi connectivity index (χ3n) is 2.38. The zero-order chi connectivity index (χ0) is 13.5. The molecule has 5 nitrogen and oxygen atoms in total.